The number of allylic oxidation sites excluding steroid dienone is 4. The molecule has 0 aromatic heterocycles. The first-order valence-electron chi connectivity index (χ1n) is 24.1. The third-order valence-corrected chi connectivity index (χ3v) is 15.3. The first-order valence-corrected chi connectivity index (χ1v) is 24.1. The van der Waals surface area contributed by atoms with Crippen LogP contribution in [0.1, 0.15) is 244 Å². The summed E-state index contributed by atoms with van der Waals surface area (Å²) in [5.74, 6) is 9.30. The van der Waals surface area contributed by atoms with Crippen LogP contribution >= 0.6 is 0 Å². The fraction of sp³-hybridized carbons (Fsp3) is 0.920. The Kier molecular flexibility index (Phi) is 20.7. The SMILES string of the molecule is C1=CCCC=C1.C1CC2CC3CC1CC(C2)C3.C1CC2CCC1C2.C1CC2CCC1CC2.C1CCCC1.C1CCCCC1.C1CCCCCC1. The van der Waals surface area contributed by atoms with Gasteiger partial charge in [-0.3, -0.25) is 0 Å². The summed E-state index contributed by atoms with van der Waals surface area (Å²) in [5.41, 5.74) is 0. The van der Waals surface area contributed by atoms with Crippen LogP contribution in [0.4, 0.5) is 0 Å². The van der Waals surface area contributed by atoms with Crippen molar-refractivity contribution in [2.75, 3.05) is 0 Å². The lowest BCUT2D eigenvalue weighted by atomic mass is 9.68. The van der Waals surface area contributed by atoms with E-state index in [1.165, 1.54) is 152 Å². The highest BCUT2D eigenvalue weighted by atomic mass is 14.4. The van der Waals surface area contributed by atoms with E-state index in [9.17, 15) is 0 Å². The second-order valence-electron chi connectivity index (χ2n) is 19.6. The summed E-state index contributed by atoms with van der Waals surface area (Å²) in [4.78, 5) is 0. The molecule has 13 aliphatic rings. The van der Waals surface area contributed by atoms with Crippen molar-refractivity contribution in [1.29, 1.82) is 0 Å². The lowest BCUT2D eigenvalue weighted by molar-refractivity contribution is 0.134. The molecule has 0 amide bonds. The number of hydrogen-bond acceptors (Lipinski definition) is 0. The van der Waals surface area contributed by atoms with Crippen molar-refractivity contribution >= 4 is 0 Å². The van der Waals surface area contributed by atoms with Crippen molar-refractivity contribution in [3.8, 4) is 0 Å². The largest absolute Gasteiger partial charge is 0.0842 e. The van der Waals surface area contributed by atoms with Crippen LogP contribution in [0.25, 0.3) is 0 Å². The normalized spacial score (nSPS) is 36.8. The van der Waals surface area contributed by atoms with Crippen LogP contribution < -0.4 is 0 Å². The van der Waals surface area contributed by atoms with Gasteiger partial charge in [0.1, 0.15) is 0 Å². The van der Waals surface area contributed by atoms with E-state index in [-0.39, 0.29) is 0 Å². The number of fused-ring (bicyclic) bond motifs is 6. The third kappa shape index (κ3) is 17.1. The zero-order valence-electron chi connectivity index (χ0n) is 33.8. The van der Waals surface area contributed by atoms with Crippen LogP contribution in [-0.4, -0.2) is 0 Å². The van der Waals surface area contributed by atoms with Gasteiger partial charge < -0.3 is 0 Å². The van der Waals surface area contributed by atoms with E-state index in [2.05, 4.69) is 24.3 Å². The summed E-state index contributed by atoms with van der Waals surface area (Å²) in [6.07, 6.45) is 66.4. The first-order chi connectivity index (χ1) is 24.8. The van der Waals surface area contributed by atoms with E-state index in [0.29, 0.717) is 0 Å². The zero-order chi connectivity index (χ0) is 34.3. The molecule has 288 valence electrons. The topological polar surface area (TPSA) is 0 Å². The van der Waals surface area contributed by atoms with E-state index in [1.807, 2.05) is 0 Å². The molecule has 0 nitrogen and oxygen atoms in total. The summed E-state index contributed by atoms with van der Waals surface area (Å²) in [6, 6.07) is 0. The second-order valence-corrected chi connectivity index (χ2v) is 19.6. The number of rotatable bonds is 0. The maximum Gasteiger partial charge on any atom is -0.0313 e. The zero-order valence-corrected chi connectivity index (χ0v) is 33.8. The summed E-state index contributed by atoms with van der Waals surface area (Å²) in [7, 11) is 0. The van der Waals surface area contributed by atoms with Crippen molar-refractivity contribution in [3.05, 3.63) is 24.3 Å². The molecule has 50 heavy (non-hydrogen) atoms. The van der Waals surface area contributed by atoms with Gasteiger partial charge in [0.05, 0.1) is 0 Å². The smallest absolute Gasteiger partial charge is 0.0313 e. The molecule has 0 aromatic carbocycles. The fourth-order valence-electron chi connectivity index (χ4n) is 12.2. The summed E-state index contributed by atoms with van der Waals surface area (Å²) >= 11 is 0. The molecule has 0 heteroatoms. The third-order valence-electron chi connectivity index (χ3n) is 15.3. The summed E-state index contributed by atoms with van der Waals surface area (Å²) in [5, 5.41) is 0. The summed E-state index contributed by atoms with van der Waals surface area (Å²) in [6.45, 7) is 0. The molecule has 0 N–H and O–H groups in total. The molecule has 0 spiro atoms. The minimum absolute atomic E-state index is 1.15. The minimum Gasteiger partial charge on any atom is -0.0842 e. The van der Waals surface area contributed by atoms with E-state index in [4.69, 9.17) is 0 Å². The molecule has 0 radical (unpaired) electrons. The molecule has 12 fully saturated rings. The molecule has 0 aliphatic heterocycles. The Balaban J connectivity index is 0.000000115. The molecule has 13 rings (SSSR count). The van der Waals surface area contributed by atoms with Gasteiger partial charge in [0.15, 0.2) is 0 Å². The van der Waals surface area contributed by atoms with E-state index in [0.717, 1.165) is 23.7 Å². The van der Waals surface area contributed by atoms with Gasteiger partial charge in [0.2, 0.25) is 0 Å². The van der Waals surface area contributed by atoms with Crippen LogP contribution in [-0.2, 0) is 0 Å². The molecule has 0 unspecified atom stereocenters. The molecular weight excluding hydrogens is 601 g/mol. The predicted molar refractivity (Wildman–Crippen MR) is 222 cm³/mol. The van der Waals surface area contributed by atoms with Crippen LogP contribution in [0.15, 0.2) is 24.3 Å². The van der Waals surface area contributed by atoms with E-state index < -0.39 is 0 Å². The van der Waals surface area contributed by atoms with Crippen molar-refractivity contribution < 1.29 is 0 Å². The van der Waals surface area contributed by atoms with E-state index in [1.54, 1.807) is 116 Å². The first kappa shape index (κ1) is 40.7. The van der Waals surface area contributed by atoms with Gasteiger partial charge >= 0.3 is 0 Å². The van der Waals surface area contributed by atoms with E-state index >= 15 is 0 Å². The summed E-state index contributed by atoms with van der Waals surface area (Å²) < 4.78 is 0. The van der Waals surface area contributed by atoms with Crippen molar-refractivity contribution in [3.63, 3.8) is 0 Å². The second kappa shape index (κ2) is 25.5. The Bertz CT molecular complexity index is 739. The molecule has 0 heterocycles. The quantitative estimate of drug-likeness (QED) is 0.222. The maximum absolute atomic E-state index is 2.18. The van der Waals surface area contributed by atoms with Crippen LogP contribution in [0.3, 0.4) is 0 Å². The van der Waals surface area contributed by atoms with Crippen molar-refractivity contribution in [2.24, 2.45) is 47.3 Å². The fourth-order valence-corrected chi connectivity index (χ4v) is 12.2. The van der Waals surface area contributed by atoms with Gasteiger partial charge in [-0.05, 0) is 98.7 Å². The van der Waals surface area contributed by atoms with Gasteiger partial charge in [-0.25, -0.2) is 0 Å². The Morgan fingerprint density at radius 1 is 0.200 bits per heavy atom. The van der Waals surface area contributed by atoms with Gasteiger partial charge in [0, 0.05) is 0 Å². The molecule has 0 aromatic rings. The Morgan fingerprint density at radius 3 is 0.580 bits per heavy atom. The minimum atomic E-state index is 1.15. The monoisotopic (exact) mass is 689 g/mol. The average Bonchev–Trinajstić information content (AvgIpc) is 3.94. The van der Waals surface area contributed by atoms with Crippen molar-refractivity contribution in [1.82, 2.24) is 0 Å². The average molecular weight is 689 g/mol. The molecule has 12 saturated carbocycles. The Hall–Kier alpha value is -0.520. The highest BCUT2D eigenvalue weighted by molar-refractivity contribution is 5.07. The lowest BCUT2D eigenvalue weighted by Gasteiger charge is -2.38. The molecular formula is C50H88. The van der Waals surface area contributed by atoms with Crippen LogP contribution in [0.5, 0.6) is 0 Å². The standard InChI is InChI=1S/C11H18.C8H14.C7H12.C7H14.C6H12.C6H8.C5H10/c1-2-9-5-10-3-8(1)4-11(6-9)7-10;1-2-8-5-3-7(1)4-6-8;1-2-7-4-3-6(1)5-7;1-2-4-6-7-5-3-1;2*1-2-4-6-5-3-1;1-2-4-5-3-1/h8-11H,1-7H2;7-8H,1-6H2;6-7H,1-5H2;1-7H2;1-6H2;1-4H,5-6H2;1-5H2. The molecule has 13 aliphatic carbocycles. The van der Waals surface area contributed by atoms with Gasteiger partial charge in [0.25, 0.3) is 0 Å². The van der Waals surface area contributed by atoms with Crippen LogP contribution in [0.2, 0.25) is 0 Å². The predicted octanol–water partition coefficient (Wildman–Crippen LogP) is 16.9. The van der Waals surface area contributed by atoms with Gasteiger partial charge in [-0.15, -0.1) is 0 Å². The molecule has 0 saturated heterocycles. The highest BCUT2D eigenvalue weighted by Gasteiger charge is 2.39. The van der Waals surface area contributed by atoms with Crippen molar-refractivity contribution in [2.45, 2.75) is 244 Å². The van der Waals surface area contributed by atoms with Gasteiger partial charge in [-0.1, -0.05) is 217 Å². The maximum atomic E-state index is 2.18. The highest BCUT2D eigenvalue weighted by Crippen LogP contribution is 2.51. The molecule has 8 bridgehead atoms. The molecule has 0 atom stereocenters. The Morgan fingerprint density at radius 2 is 0.400 bits per heavy atom. The van der Waals surface area contributed by atoms with Crippen LogP contribution in [0, 0.1) is 47.3 Å². The lowest BCUT2D eigenvalue weighted by Crippen LogP contribution is -2.26. The Labute approximate surface area is 314 Å². The number of hydrogen-bond donors (Lipinski definition) is 0. The van der Waals surface area contributed by atoms with Gasteiger partial charge in [-0.2, -0.15) is 0 Å².